The second-order valence-electron chi connectivity index (χ2n) is 2.14. The number of carbonyl (C=O) groups is 1. The lowest BCUT2D eigenvalue weighted by Gasteiger charge is -2.00. The van der Waals surface area contributed by atoms with Gasteiger partial charge in [-0.1, -0.05) is 11.8 Å². The van der Waals surface area contributed by atoms with Gasteiger partial charge in [0.05, 0.1) is 18.1 Å². The van der Waals surface area contributed by atoms with Crippen LogP contribution in [0, 0.1) is 0 Å². The van der Waals surface area contributed by atoms with Crippen molar-refractivity contribution in [3.05, 3.63) is 12.4 Å². The molecule has 1 rings (SSSR count). The standard InChI is InChI=1S/C6H9N5OS/c7-4(12)3-13-6-2-9-1-5(10-6)11-8/h1-2H,3,8H2,(H2,7,12)(H,10,11). The maximum atomic E-state index is 10.4. The molecule has 0 unspecified atom stereocenters. The van der Waals surface area contributed by atoms with Crippen LogP contribution in [0.2, 0.25) is 0 Å². The zero-order valence-corrected chi connectivity index (χ0v) is 7.54. The predicted molar refractivity (Wildman–Crippen MR) is 49.8 cm³/mol. The maximum Gasteiger partial charge on any atom is 0.227 e. The summed E-state index contributed by atoms with van der Waals surface area (Å²) < 4.78 is 0. The zero-order chi connectivity index (χ0) is 9.68. The van der Waals surface area contributed by atoms with E-state index in [1.807, 2.05) is 0 Å². The molecule has 0 atom stereocenters. The third-order valence-electron chi connectivity index (χ3n) is 1.12. The van der Waals surface area contributed by atoms with Gasteiger partial charge >= 0.3 is 0 Å². The fraction of sp³-hybridized carbons (Fsp3) is 0.167. The molecule has 1 heterocycles. The molecule has 0 spiro atoms. The van der Waals surface area contributed by atoms with Crippen LogP contribution in [0.1, 0.15) is 0 Å². The highest BCUT2D eigenvalue weighted by Crippen LogP contribution is 2.14. The number of nitrogens with zero attached hydrogens (tertiary/aromatic N) is 2. The van der Waals surface area contributed by atoms with E-state index in [9.17, 15) is 4.79 Å². The molecule has 1 amide bonds. The van der Waals surface area contributed by atoms with Gasteiger partial charge in [-0.15, -0.1) is 0 Å². The van der Waals surface area contributed by atoms with Gasteiger partial charge in [0.2, 0.25) is 5.91 Å². The summed E-state index contributed by atoms with van der Waals surface area (Å²) in [4.78, 5) is 18.3. The zero-order valence-electron chi connectivity index (χ0n) is 6.73. The van der Waals surface area contributed by atoms with E-state index in [4.69, 9.17) is 11.6 Å². The fourth-order valence-corrected chi connectivity index (χ4v) is 1.22. The number of hydrogen-bond acceptors (Lipinski definition) is 6. The Morgan fingerprint density at radius 3 is 3.00 bits per heavy atom. The number of rotatable bonds is 4. The smallest absolute Gasteiger partial charge is 0.227 e. The van der Waals surface area contributed by atoms with E-state index < -0.39 is 5.91 Å². The molecule has 70 valence electrons. The van der Waals surface area contributed by atoms with Gasteiger partial charge in [0.1, 0.15) is 5.03 Å². The van der Waals surface area contributed by atoms with Crippen molar-refractivity contribution >= 4 is 23.5 Å². The number of thioether (sulfide) groups is 1. The molecule has 1 aromatic heterocycles. The van der Waals surface area contributed by atoms with Crippen LogP contribution in [0.25, 0.3) is 0 Å². The van der Waals surface area contributed by atoms with E-state index >= 15 is 0 Å². The van der Waals surface area contributed by atoms with Crippen molar-refractivity contribution in [1.82, 2.24) is 9.97 Å². The second-order valence-corrected chi connectivity index (χ2v) is 3.14. The Hall–Kier alpha value is -1.34. The fourth-order valence-electron chi connectivity index (χ4n) is 0.632. The Morgan fingerprint density at radius 2 is 2.38 bits per heavy atom. The van der Waals surface area contributed by atoms with Crippen LogP contribution < -0.4 is 17.0 Å². The molecule has 0 fully saturated rings. The monoisotopic (exact) mass is 199 g/mol. The van der Waals surface area contributed by atoms with Crippen LogP contribution in [-0.2, 0) is 4.79 Å². The Balaban J connectivity index is 2.61. The average Bonchev–Trinajstić information content (AvgIpc) is 2.15. The van der Waals surface area contributed by atoms with Gasteiger partial charge in [0, 0.05) is 0 Å². The summed E-state index contributed by atoms with van der Waals surface area (Å²) >= 11 is 1.21. The molecule has 1 aromatic rings. The minimum Gasteiger partial charge on any atom is -0.369 e. The lowest BCUT2D eigenvalue weighted by Crippen LogP contribution is -2.13. The number of carbonyl (C=O) groups excluding carboxylic acids is 1. The molecule has 0 aliphatic carbocycles. The Bertz CT molecular complexity index is 305. The predicted octanol–water partition coefficient (Wildman–Crippen LogP) is -0.660. The Morgan fingerprint density at radius 1 is 1.62 bits per heavy atom. The van der Waals surface area contributed by atoms with Crippen LogP contribution in [0.3, 0.4) is 0 Å². The number of nitrogen functional groups attached to an aromatic ring is 1. The lowest BCUT2D eigenvalue weighted by molar-refractivity contribution is -0.115. The summed E-state index contributed by atoms with van der Waals surface area (Å²) in [7, 11) is 0. The minimum absolute atomic E-state index is 0.183. The number of hydrogen-bond donors (Lipinski definition) is 3. The molecule has 0 saturated carbocycles. The van der Waals surface area contributed by atoms with Gasteiger partial charge in [0.25, 0.3) is 0 Å². The van der Waals surface area contributed by atoms with Crippen molar-refractivity contribution in [2.24, 2.45) is 11.6 Å². The second kappa shape index (κ2) is 4.63. The molecule has 0 radical (unpaired) electrons. The van der Waals surface area contributed by atoms with Crippen LogP contribution in [0.4, 0.5) is 5.82 Å². The normalized spacial score (nSPS) is 9.62. The van der Waals surface area contributed by atoms with Gasteiger partial charge < -0.3 is 11.2 Å². The van der Waals surface area contributed by atoms with Gasteiger partial charge in [0.15, 0.2) is 5.82 Å². The number of primary amides is 1. The first-order valence-electron chi connectivity index (χ1n) is 3.42. The minimum atomic E-state index is -0.391. The summed E-state index contributed by atoms with van der Waals surface area (Å²) in [5.41, 5.74) is 7.31. The molecular weight excluding hydrogens is 190 g/mol. The van der Waals surface area contributed by atoms with Crippen LogP contribution >= 0.6 is 11.8 Å². The average molecular weight is 199 g/mol. The first kappa shape index (κ1) is 9.75. The van der Waals surface area contributed by atoms with Crippen LogP contribution in [0.15, 0.2) is 17.4 Å². The highest BCUT2D eigenvalue weighted by Gasteiger charge is 2.00. The SMILES string of the molecule is NNc1cncc(SCC(N)=O)n1. The van der Waals surface area contributed by atoms with Gasteiger partial charge in [-0.05, 0) is 0 Å². The summed E-state index contributed by atoms with van der Waals surface area (Å²) in [6, 6.07) is 0. The quantitative estimate of drug-likeness (QED) is 0.337. The van der Waals surface area contributed by atoms with Crippen molar-refractivity contribution in [3.8, 4) is 0 Å². The van der Waals surface area contributed by atoms with Crippen molar-refractivity contribution < 1.29 is 4.79 Å². The van der Waals surface area contributed by atoms with E-state index in [1.54, 1.807) is 0 Å². The molecule has 0 aliphatic rings. The van der Waals surface area contributed by atoms with Gasteiger partial charge in [-0.25, -0.2) is 10.8 Å². The first-order valence-corrected chi connectivity index (χ1v) is 4.40. The highest BCUT2D eigenvalue weighted by molar-refractivity contribution is 7.99. The lowest BCUT2D eigenvalue weighted by atomic mass is 10.7. The topological polar surface area (TPSA) is 107 Å². The number of nitrogens with two attached hydrogens (primary N) is 2. The van der Waals surface area contributed by atoms with E-state index in [-0.39, 0.29) is 5.75 Å². The van der Waals surface area contributed by atoms with E-state index in [1.165, 1.54) is 24.2 Å². The molecule has 13 heavy (non-hydrogen) atoms. The van der Waals surface area contributed by atoms with E-state index in [0.29, 0.717) is 10.8 Å². The highest BCUT2D eigenvalue weighted by atomic mass is 32.2. The number of nitrogens with one attached hydrogen (secondary N) is 1. The molecule has 6 nitrogen and oxygen atoms in total. The molecule has 7 heteroatoms. The third-order valence-corrected chi connectivity index (χ3v) is 2.04. The van der Waals surface area contributed by atoms with Crippen molar-refractivity contribution in [1.29, 1.82) is 0 Å². The first-order chi connectivity index (χ1) is 6.22. The molecule has 0 bridgehead atoms. The van der Waals surface area contributed by atoms with Gasteiger partial charge in [-0.3, -0.25) is 9.78 Å². The van der Waals surface area contributed by atoms with Crippen molar-refractivity contribution in [2.75, 3.05) is 11.2 Å². The largest absolute Gasteiger partial charge is 0.369 e. The summed E-state index contributed by atoms with van der Waals surface area (Å²) in [6.45, 7) is 0. The number of amides is 1. The van der Waals surface area contributed by atoms with Crippen molar-refractivity contribution in [3.63, 3.8) is 0 Å². The third kappa shape index (κ3) is 3.26. The molecule has 0 aliphatic heterocycles. The van der Waals surface area contributed by atoms with E-state index in [2.05, 4.69) is 15.4 Å². The van der Waals surface area contributed by atoms with Crippen LogP contribution in [-0.4, -0.2) is 21.6 Å². The molecule has 5 N–H and O–H groups in total. The molecule has 0 aromatic carbocycles. The molecular formula is C6H9N5OS. The Labute approximate surface area is 79.1 Å². The van der Waals surface area contributed by atoms with Crippen LogP contribution in [0.5, 0.6) is 0 Å². The summed E-state index contributed by atoms with van der Waals surface area (Å²) in [5, 5.41) is 0.606. The van der Waals surface area contributed by atoms with E-state index in [0.717, 1.165) is 0 Å². The van der Waals surface area contributed by atoms with Crippen molar-refractivity contribution in [2.45, 2.75) is 5.03 Å². The summed E-state index contributed by atoms with van der Waals surface area (Å²) in [6.07, 6.45) is 3.02. The number of aromatic nitrogens is 2. The molecule has 0 saturated heterocycles. The number of hydrazine groups is 1. The summed E-state index contributed by atoms with van der Waals surface area (Å²) in [5.74, 6) is 5.37. The number of anilines is 1. The van der Waals surface area contributed by atoms with Gasteiger partial charge in [-0.2, -0.15) is 0 Å². The Kier molecular flexibility index (Phi) is 3.47. The maximum absolute atomic E-state index is 10.4.